The topological polar surface area (TPSA) is 94.5 Å². The van der Waals surface area contributed by atoms with Crippen LogP contribution < -0.4 is 0 Å². The van der Waals surface area contributed by atoms with Crippen LogP contribution in [0.1, 0.15) is 46.5 Å². The molecule has 0 bridgehead atoms. The summed E-state index contributed by atoms with van der Waals surface area (Å²) in [6.45, 7) is 6.51. The lowest BCUT2D eigenvalue weighted by Gasteiger charge is -2.35. The van der Waals surface area contributed by atoms with Crippen molar-refractivity contribution < 1.29 is 33.6 Å². The Morgan fingerprint density at radius 3 is 2.58 bits per heavy atom. The minimum absolute atomic E-state index is 0.0255. The zero-order chi connectivity index (χ0) is 22.0. The van der Waals surface area contributed by atoms with E-state index in [1.54, 1.807) is 6.92 Å². The number of esters is 2. The average molecular weight is 434 g/mol. The number of hydrogen-bond donors (Lipinski definition) is 1. The Labute approximate surface area is 182 Å². The standard InChI is InChI=1S/C23H31NO7/c1-10-8-16(30-22(10)26)13-9-14(25)18-17-11(2)20(29-15(17)6-5-7-24(13)18)21-19(28-4)12(3)23(27)31-21/h10-11,13-18,25H,5-9H2,1-4H3/b21-20+/t10-,11-,13-,14+,15+,16-,17-,18-/m0/s1. The van der Waals surface area contributed by atoms with Gasteiger partial charge in [0.1, 0.15) is 18.0 Å². The highest BCUT2D eigenvalue weighted by Crippen LogP contribution is 2.50. The Morgan fingerprint density at radius 1 is 1.13 bits per heavy atom. The van der Waals surface area contributed by atoms with Gasteiger partial charge >= 0.3 is 11.9 Å². The monoisotopic (exact) mass is 433 g/mol. The van der Waals surface area contributed by atoms with Gasteiger partial charge in [-0.1, -0.05) is 13.8 Å². The van der Waals surface area contributed by atoms with Gasteiger partial charge in [0.2, 0.25) is 5.76 Å². The van der Waals surface area contributed by atoms with Gasteiger partial charge in [-0.05, 0) is 39.2 Å². The highest BCUT2D eigenvalue weighted by atomic mass is 16.6. The molecule has 0 radical (unpaired) electrons. The molecule has 8 nitrogen and oxygen atoms in total. The van der Waals surface area contributed by atoms with Crippen molar-refractivity contribution >= 4 is 11.9 Å². The van der Waals surface area contributed by atoms with Crippen LogP contribution in [-0.2, 0) is 28.5 Å². The number of aliphatic hydroxyl groups excluding tert-OH is 1. The molecular weight excluding hydrogens is 402 g/mol. The third kappa shape index (κ3) is 3.09. The molecule has 0 amide bonds. The van der Waals surface area contributed by atoms with Gasteiger partial charge in [0, 0.05) is 23.9 Å². The fourth-order valence-electron chi connectivity index (χ4n) is 6.35. The fourth-order valence-corrected chi connectivity index (χ4v) is 6.35. The van der Waals surface area contributed by atoms with Crippen LogP contribution in [0, 0.1) is 17.8 Å². The van der Waals surface area contributed by atoms with Gasteiger partial charge in [-0.15, -0.1) is 0 Å². The van der Waals surface area contributed by atoms with Crippen LogP contribution in [-0.4, -0.2) is 66.0 Å². The number of hydrogen-bond acceptors (Lipinski definition) is 8. The van der Waals surface area contributed by atoms with Crippen LogP contribution >= 0.6 is 0 Å². The second-order valence-electron chi connectivity index (χ2n) is 9.62. The quantitative estimate of drug-likeness (QED) is 0.660. The molecule has 8 heteroatoms. The largest absolute Gasteiger partial charge is 0.492 e. The summed E-state index contributed by atoms with van der Waals surface area (Å²) in [5, 5.41) is 11.1. The summed E-state index contributed by atoms with van der Waals surface area (Å²) in [6.07, 6.45) is 2.32. The number of carbonyl (C=O) groups excluding carboxylic acids is 2. The number of fused-ring (bicyclic) bond motifs is 3. The predicted octanol–water partition coefficient (Wildman–Crippen LogP) is 1.88. The van der Waals surface area contributed by atoms with Crippen LogP contribution in [0.15, 0.2) is 22.9 Å². The predicted molar refractivity (Wildman–Crippen MR) is 108 cm³/mol. The van der Waals surface area contributed by atoms with Crippen molar-refractivity contribution in [3.8, 4) is 0 Å². The summed E-state index contributed by atoms with van der Waals surface area (Å²) in [4.78, 5) is 26.5. The van der Waals surface area contributed by atoms with Gasteiger partial charge in [0.15, 0.2) is 5.76 Å². The van der Waals surface area contributed by atoms with E-state index in [0.29, 0.717) is 35.7 Å². The molecule has 8 atom stereocenters. The van der Waals surface area contributed by atoms with E-state index in [9.17, 15) is 14.7 Å². The molecule has 0 unspecified atom stereocenters. The summed E-state index contributed by atoms with van der Waals surface area (Å²) >= 11 is 0. The van der Waals surface area contributed by atoms with E-state index in [4.69, 9.17) is 18.9 Å². The Balaban J connectivity index is 1.46. The first kappa shape index (κ1) is 20.8. The highest BCUT2D eigenvalue weighted by Gasteiger charge is 2.57. The van der Waals surface area contributed by atoms with Crippen molar-refractivity contribution in [1.29, 1.82) is 0 Å². The lowest BCUT2D eigenvalue weighted by atomic mass is 9.81. The molecule has 1 N–H and O–H groups in total. The van der Waals surface area contributed by atoms with E-state index < -0.39 is 12.1 Å². The minimum atomic E-state index is -0.522. The second kappa shape index (κ2) is 7.52. The maximum absolute atomic E-state index is 12.1. The summed E-state index contributed by atoms with van der Waals surface area (Å²) < 4.78 is 23.0. The lowest BCUT2D eigenvalue weighted by molar-refractivity contribution is -0.146. The van der Waals surface area contributed by atoms with E-state index in [1.165, 1.54) is 7.11 Å². The van der Waals surface area contributed by atoms with Crippen LogP contribution in [0.25, 0.3) is 0 Å². The molecule has 5 heterocycles. The van der Waals surface area contributed by atoms with Crippen LogP contribution in [0.3, 0.4) is 0 Å². The molecule has 5 aliphatic heterocycles. The summed E-state index contributed by atoms with van der Waals surface area (Å²) in [7, 11) is 1.52. The van der Waals surface area contributed by atoms with Gasteiger partial charge in [0.05, 0.1) is 24.7 Å². The molecule has 31 heavy (non-hydrogen) atoms. The van der Waals surface area contributed by atoms with E-state index in [2.05, 4.69) is 11.8 Å². The molecule has 0 aromatic heterocycles. The zero-order valence-electron chi connectivity index (χ0n) is 18.5. The van der Waals surface area contributed by atoms with Gasteiger partial charge < -0.3 is 24.1 Å². The number of nitrogens with zero attached hydrogens (tertiary/aromatic N) is 1. The van der Waals surface area contributed by atoms with E-state index >= 15 is 0 Å². The Morgan fingerprint density at radius 2 is 1.90 bits per heavy atom. The number of carbonyl (C=O) groups is 2. The zero-order valence-corrected chi connectivity index (χ0v) is 18.5. The first-order valence-electron chi connectivity index (χ1n) is 11.3. The molecular formula is C23H31NO7. The number of ether oxygens (including phenoxy) is 4. The molecule has 0 spiro atoms. The fraction of sp³-hybridized carbons (Fsp3) is 0.739. The van der Waals surface area contributed by atoms with Gasteiger partial charge in [-0.3, -0.25) is 9.69 Å². The lowest BCUT2D eigenvalue weighted by Crippen LogP contribution is -2.48. The minimum Gasteiger partial charge on any atom is -0.492 e. The molecule has 170 valence electrons. The molecule has 0 aromatic carbocycles. The molecule has 0 aliphatic carbocycles. The van der Waals surface area contributed by atoms with E-state index in [0.717, 1.165) is 19.4 Å². The summed E-state index contributed by atoms with van der Waals surface area (Å²) in [6, 6.07) is -0.0640. The first-order valence-corrected chi connectivity index (χ1v) is 11.3. The Kier molecular flexibility index (Phi) is 5.05. The number of methoxy groups -OCH3 is 1. The van der Waals surface area contributed by atoms with Crippen molar-refractivity contribution in [2.24, 2.45) is 17.8 Å². The molecule has 5 rings (SSSR count). The Hall–Kier alpha value is -2.06. The van der Waals surface area contributed by atoms with Crippen LogP contribution in [0.5, 0.6) is 0 Å². The van der Waals surface area contributed by atoms with Crippen molar-refractivity contribution in [2.45, 2.75) is 76.9 Å². The maximum atomic E-state index is 12.1. The number of rotatable bonds is 2. The third-order valence-electron chi connectivity index (χ3n) is 7.84. The van der Waals surface area contributed by atoms with Crippen LogP contribution in [0.2, 0.25) is 0 Å². The smallest absolute Gasteiger partial charge is 0.343 e. The number of aliphatic hydroxyl groups is 1. The van der Waals surface area contributed by atoms with Crippen molar-refractivity contribution in [1.82, 2.24) is 4.90 Å². The van der Waals surface area contributed by atoms with Crippen molar-refractivity contribution in [3.63, 3.8) is 0 Å². The highest BCUT2D eigenvalue weighted by molar-refractivity contribution is 5.93. The molecule has 5 aliphatic rings. The molecule has 0 aromatic rings. The SMILES string of the molecule is COC1=C(C)C(=O)O/C1=C1/O[C@@H]2CCCN3[C@H]([C@H]2[C@@H]1C)[C@H](O)C[C@H]3[C@@H]1C[C@H](C)C(=O)O1. The normalized spacial score (nSPS) is 45.2. The van der Waals surface area contributed by atoms with Crippen LogP contribution in [0.4, 0.5) is 0 Å². The van der Waals surface area contributed by atoms with Gasteiger partial charge in [0.25, 0.3) is 0 Å². The molecule has 4 saturated heterocycles. The van der Waals surface area contributed by atoms with Gasteiger partial charge in [-0.25, -0.2) is 4.79 Å². The summed E-state index contributed by atoms with van der Waals surface area (Å²) in [5.74, 6) is 0.794. The second-order valence-corrected chi connectivity index (χ2v) is 9.62. The van der Waals surface area contributed by atoms with E-state index in [1.807, 2.05) is 6.92 Å². The van der Waals surface area contributed by atoms with Crippen molar-refractivity contribution in [3.05, 3.63) is 22.9 Å². The Bertz CT molecular complexity index is 864. The van der Waals surface area contributed by atoms with Gasteiger partial charge in [-0.2, -0.15) is 0 Å². The molecule has 4 fully saturated rings. The number of cyclic esters (lactones) is 2. The molecule has 0 saturated carbocycles. The van der Waals surface area contributed by atoms with Crippen molar-refractivity contribution in [2.75, 3.05) is 13.7 Å². The average Bonchev–Trinajstić information content (AvgIpc) is 3.37. The van der Waals surface area contributed by atoms with E-state index in [-0.39, 0.29) is 48.0 Å². The first-order chi connectivity index (χ1) is 14.8. The third-order valence-corrected chi connectivity index (χ3v) is 7.84. The maximum Gasteiger partial charge on any atom is 0.343 e. The summed E-state index contributed by atoms with van der Waals surface area (Å²) in [5.41, 5.74) is 0.438. The number of allylic oxidation sites excluding steroid dienone is 1.